The lowest BCUT2D eigenvalue weighted by molar-refractivity contribution is -0.142. The highest BCUT2D eigenvalue weighted by molar-refractivity contribution is 7.14. The van der Waals surface area contributed by atoms with Gasteiger partial charge in [0, 0.05) is 0 Å². The van der Waals surface area contributed by atoms with Crippen LogP contribution in [-0.2, 0) is 9.53 Å². The number of rotatable bonds is 3. The first-order valence-electron chi connectivity index (χ1n) is 5.26. The van der Waals surface area contributed by atoms with Crippen molar-refractivity contribution in [2.45, 2.75) is 13.0 Å². The van der Waals surface area contributed by atoms with Gasteiger partial charge in [0.25, 0.3) is 5.91 Å². The van der Waals surface area contributed by atoms with Crippen LogP contribution in [0.4, 0.5) is 0 Å². The number of hydrogen-bond donors (Lipinski definition) is 2. The molecule has 1 atom stereocenters. The summed E-state index contributed by atoms with van der Waals surface area (Å²) in [6.07, 6.45) is 0. The summed E-state index contributed by atoms with van der Waals surface area (Å²) >= 11 is 1.25. The minimum atomic E-state index is -0.678. The SMILES string of the molecule is COC(=O)C(C)NC(=O)c1ccc(C#CCN)s1. The first-order chi connectivity index (χ1) is 8.58. The summed E-state index contributed by atoms with van der Waals surface area (Å²) in [6.45, 7) is 1.84. The van der Waals surface area contributed by atoms with Gasteiger partial charge < -0.3 is 15.8 Å². The molecule has 0 radical (unpaired) electrons. The molecule has 0 aliphatic rings. The van der Waals surface area contributed by atoms with Crippen LogP contribution in [0.25, 0.3) is 0 Å². The Morgan fingerprint density at radius 1 is 1.56 bits per heavy atom. The molecule has 0 bridgehead atoms. The van der Waals surface area contributed by atoms with Crippen LogP contribution in [0.15, 0.2) is 12.1 Å². The van der Waals surface area contributed by atoms with Gasteiger partial charge in [-0.05, 0) is 19.1 Å². The lowest BCUT2D eigenvalue weighted by atomic mass is 10.3. The summed E-state index contributed by atoms with van der Waals surface area (Å²) in [7, 11) is 1.27. The van der Waals surface area contributed by atoms with Crippen molar-refractivity contribution in [3.05, 3.63) is 21.9 Å². The molecule has 0 spiro atoms. The van der Waals surface area contributed by atoms with E-state index in [9.17, 15) is 9.59 Å². The first kappa shape index (κ1) is 14.2. The normalized spacial score (nSPS) is 11.1. The Balaban J connectivity index is 2.67. The summed E-state index contributed by atoms with van der Waals surface area (Å²) in [5, 5.41) is 2.54. The molecule has 96 valence electrons. The van der Waals surface area contributed by atoms with Crippen LogP contribution in [0.3, 0.4) is 0 Å². The number of nitrogens with one attached hydrogen (secondary N) is 1. The number of ether oxygens (including phenoxy) is 1. The zero-order valence-corrected chi connectivity index (χ0v) is 11.0. The summed E-state index contributed by atoms with van der Waals surface area (Å²) in [6, 6.07) is 2.72. The van der Waals surface area contributed by atoms with Gasteiger partial charge in [0.2, 0.25) is 0 Å². The quantitative estimate of drug-likeness (QED) is 0.611. The molecule has 1 aromatic heterocycles. The second kappa shape index (κ2) is 6.79. The maximum atomic E-state index is 11.8. The summed E-state index contributed by atoms with van der Waals surface area (Å²) in [5.74, 6) is 4.74. The molecule has 1 heterocycles. The second-order valence-electron chi connectivity index (χ2n) is 3.39. The molecule has 0 saturated heterocycles. The first-order valence-corrected chi connectivity index (χ1v) is 6.07. The van der Waals surface area contributed by atoms with Gasteiger partial charge in [-0.25, -0.2) is 4.79 Å². The van der Waals surface area contributed by atoms with Gasteiger partial charge in [0.05, 0.1) is 23.4 Å². The molecule has 0 saturated carbocycles. The van der Waals surface area contributed by atoms with Crippen molar-refractivity contribution in [1.82, 2.24) is 5.32 Å². The number of esters is 1. The standard InChI is InChI=1S/C12H14N2O3S/c1-8(12(16)17-2)14-11(15)10-6-5-9(18-10)4-3-7-13/h5-6,8H,7,13H2,1-2H3,(H,14,15). The second-order valence-corrected chi connectivity index (χ2v) is 4.47. The van der Waals surface area contributed by atoms with Gasteiger partial charge in [-0.3, -0.25) is 4.79 Å². The lowest BCUT2D eigenvalue weighted by Crippen LogP contribution is -2.38. The Morgan fingerprint density at radius 2 is 2.28 bits per heavy atom. The summed E-state index contributed by atoms with van der Waals surface area (Å²) in [5.41, 5.74) is 5.26. The van der Waals surface area contributed by atoms with E-state index in [1.165, 1.54) is 18.4 Å². The van der Waals surface area contributed by atoms with Crippen molar-refractivity contribution >= 4 is 23.2 Å². The van der Waals surface area contributed by atoms with Crippen LogP contribution in [0.2, 0.25) is 0 Å². The van der Waals surface area contributed by atoms with Crippen LogP contribution in [0.5, 0.6) is 0 Å². The average molecular weight is 266 g/mol. The topological polar surface area (TPSA) is 81.4 Å². The third-order valence-electron chi connectivity index (χ3n) is 2.05. The zero-order valence-electron chi connectivity index (χ0n) is 10.1. The van der Waals surface area contributed by atoms with Crippen molar-refractivity contribution < 1.29 is 14.3 Å². The molecule has 1 aromatic rings. The van der Waals surface area contributed by atoms with E-state index in [4.69, 9.17) is 5.73 Å². The molecule has 0 aliphatic carbocycles. The van der Waals surface area contributed by atoms with E-state index < -0.39 is 12.0 Å². The summed E-state index contributed by atoms with van der Waals surface area (Å²) in [4.78, 5) is 24.2. The molecule has 5 nitrogen and oxygen atoms in total. The van der Waals surface area contributed by atoms with Crippen LogP contribution >= 0.6 is 11.3 Å². The minimum Gasteiger partial charge on any atom is -0.467 e. The monoisotopic (exact) mass is 266 g/mol. The Labute approximate surface area is 109 Å². The largest absolute Gasteiger partial charge is 0.467 e. The van der Waals surface area contributed by atoms with E-state index >= 15 is 0 Å². The third kappa shape index (κ3) is 3.87. The molecular formula is C12H14N2O3S. The van der Waals surface area contributed by atoms with E-state index in [2.05, 4.69) is 21.9 Å². The molecule has 1 amide bonds. The molecule has 18 heavy (non-hydrogen) atoms. The fraction of sp³-hybridized carbons (Fsp3) is 0.333. The number of carbonyl (C=O) groups is 2. The van der Waals surface area contributed by atoms with Gasteiger partial charge in [0.15, 0.2) is 0 Å². The molecule has 3 N–H and O–H groups in total. The van der Waals surface area contributed by atoms with Gasteiger partial charge in [-0.1, -0.05) is 11.8 Å². The fourth-order valence-corrected chi connectivity index (χ4v) is 1.95. The molecule has 6 heteroatoms. The zero-order chi connectivity index (χ0) is 13.5. The van der Waals surface area contributed by atoms with Crippen LogP contribution in [0.1, 0.15) is 21.5 Å². The Morgan fingerprint density at radius 3 is 2.89 bits per heavy atom. The van der Waals surface area contributed by atoms with E-state index in [1.807, 2.05) is 0 Å². The van der Waals surface area contributed by atoms with Gasteiger partial charge in [0.1, 0.15) is 6.04 Å². The third-order valence-corrected chi connectivity index (χ3v) is 3.05. The lowest BCUT2D eigenvalue weighted by Gasteiger charge is -2.10. The minimum absolute atomic E-state index is 0.277. The number of nitrogens with two attached hydrogens (primary N) is 1. The number of amides is 1. The van der Waals surface area contributed by atoms with Crippen LogP contribution in [0, 0.1) is 11.8 Å². The van der Waals surface area contributed by atoms with E-state index in [0.29, 0.717) is 4.88 Å². The highest BCUT2D eigenvalue weighted by atomic mass is 32.1. The van der Waals surface area contributed by atoms with Crippen molar-refractivity contribution in [1.29, 1.82) is 0 Å². The molecule has 1 unspecified atom stereocenters. The van der Waals surface area contributed by atoms with E-state index in [0.717, 1.165) is 4.88 Å². The fourth-order valence-electron chi connectivity index (χ4n) is 1.17. The van der Waals surface area contributed by atoms with Crippen molar-refractivity contribution in [2.24, 2.45) is 5.73 Å². The van der Waals surface area contributed by atoms with Gasteiger partial charge in [-0.2, -0.15) is 0 Å². The highest BCUT2D eigenvalue weighted by Gasteiger charge is 2.17. The van der Waals surface area contributed by atoms with Crippen molar-refractivity contribution in [3.8, 4) is 11.8 Å². The van der Waals surface area contributed by atoms with Gasteiger partial charge >= 0.3 is 5.97 Å². The predicted octanol–water partition coefficient (Wildman–Crippen LogP) is 0.350. The molecule has 0 aliphatic heterocycles. The molecule has 0 aromatic carbocycles. The number of thiophene rings is 1. The highest BCUT2D eigenvalue weighted by Crippen LogP contribution is 2.15. The Hall–Kier alpha value is -1.84. The smallest absolute Gasteiger partial charge is 0.328 e. The number of carbonyl (C=O) groups excluding carboxylic acids is 2. The van der Waals surface area contributed by atoms with E-state index in [1.54, 1.807) is 19.1 Å². The maximum absolute atomic E-state index is 11.8. The van der Waals surface area contributed by atoms with Crippen LogP contribution < -0.4 is 11.1 Å². The van der Waals surface area contributed by atoms with Gasteiger partial charge in [-0.15, -0.1) is 11.3 Å². The predicted molar refractivity (Wildman–Crippen MR) is 69.2 cm³/mol. The summed E-state index contributed by atoms with van der Waals surface area (Å²) < 4.78 is 4.52. The molecule has 0 fully saturated rings. The molecular weight excluding hydrogens is 252 g/mol. The Kier molecular flexibility index (Phi) is 5.36. The molecule has 1 rings (SSSR count). The maximum Gasteiger partial charge on any atom is 0.328 e. The number of hydrogen-bond acceptors (Lipinski definition) is 5. The van der Waals surface area contributed by atoms with Crippen molar-refractivity contribution in [2.75, 3.05) is 13.7 Å². The van der Waals surface area contributed by atoms with E-state index in [-0.39, 0.29) is 12.5 Å². The van der Waals surface area contributed by atoms with Crippen LogP contribution in [-0.4, -0.2) is 31.6 Å². The number of methoxy groups -OCH3 is 1. The average Bonchev–Trinajstić information content (AvgIpc) is 2.83. The Bertz CT molecular complexity index is 499. The van der Waals surface area contributed by atoms with Crippen molar-refractivity contribution in [3.63, 3.8) is 0 Å².